The Morgan fingerprint density at radius 1 is 1.21 bits per heavy atom. The molecular formula is C22H25NO4S2. The molecule has 0 saturated heterocycles. The molecular weight excluding hydrogens is 406 g/mol. The number of benzene rings is 1. The summed E-state index contributed by atoms with van der Waals surface area (Å²) in [5.41, 5.74) is 1.25. The van der Waals surface area contributed by atoms with Crippen LogP contribution in [-0.2, 0) is 16.1 Å². The zero-order chi connectivity index (χ0) is 20.1. The van der Waals surface area contributed by atoms with Crippen molar-refractivity contribution in [1.29, 1.82) is 0 Å². The van der Waals surface area contributed by atoms with E-state index >= 15 is 0 Å². The molecule has 0 N–H and O–H groups in total. The fourth-order valence-electron chi connectivity index (χ4n) is 5.61. The number of ether oxygens (including phenoxy) is 2. The van der Waals surface area contributed by atoms with E-state index in [4.69, 9.17) is 9.47 Å². The monoisotopic (exact) mass is 431 g/mol. The van der Waals surface area contributed by atoms with Crippen LogP contribution in [0, 0.1) is 17.8 Å². The van der Waals surface area contributed by atoms with Crippen molar-refractivity contribution < 1.29 is 14.3 Å². The Morgan fingerprint density at radius 2 is 1.97 bits per heavy atom. The molecule has 2 heterocycles. The molecule has 7 heteroatoms. The number of methoxy groups -OCH3 is 1. The van der Waals surface area contributed by atoms with E-state index in [1.807, 2.05) is 23.9 Å². The van der Waals surface area contributed by atoms with E-state index in [2.05, 4.69) is 12.1 Å². The van der Waals surface area contributed by atoms with E-state index in [9.17, 15) is 9.59 Å². The molecule has 2 bridgehead atoms. The van der Waals surface area contributed by atoms with Gasteiger partial charge in [0.15, 0.2) is 0 Å². The van der Waals surface area contributed by atoms with Crippen molar-refractivity contribution in [3.8, 4) is 5.75 Å². The minimum Gasteiger partial charge on any atom is -0.497 e. The van der Waals surface area contributed by atoms with Gasteiger partial charge in [-0.2, -0.15) is 0 Å². The molecule has 29 heavy (non-hydrogen) atoms. The number of esters is 1. The lowest BCUT2D eigenvalue weighted by Gasteiger charge is -2.40. The number of hydrogen-bond donors (Lipinski definition) is 0. The highest BCUT2D eigenvalue weighted by atomic mass is 32.2. The topological polar surface area (TPSA) is 57.5 Å². The van der Waals surface area contributed by atoms with Gasteiger partial charge in [-0.1, -0.05) is 23.5 Å². The Bertz CT molecular complexity index is 980. The molecule has 5 nitrogen and oxygen atoms in total. The van der Waals surface area contributed by atoms with Gasteiger partial charge in [-0.05, 0) is 61.6 Å². The molecule has 1 aromatic heterocycles. The predicted octanol–water partition coefficient (Wildman–Crippen LogP) is 4.13. The molecule has 2 saturated carbocycles. The molecule has 5 atom stereocenters. The fourth-order valence-corrected chi connectivity index (χ4v) is 8.76. The largest absolute Gasteiger partial charge is 0.497 e. The minimum absolute atomic E-state index is 0.00627. The molecule has 2 fully saturated rings. The number of rotatable bonds is 5. The molecule has 154 valence electrons. The van der Waals surface area contributed by atoms with E-state index in [0.29, 0.717) is 17.8 Å². The van der Waals surface area contributed by atoms with Crippen LogP contribution in [0.4, 0.5) is 0 Å². The summed E-state index contributed by atoms with van der Waals surface area (Å²) in [6.07, 6.45) is 3.88. The average Bonchev–Trinajstić information content (AvgIpc) is 3.41. The van der Waals surface area contributed by atoms with Crippen LogP contribution in [0.25, 0.3) is 0 Å². The van der Waals surface area contributed by atoms with Crippen molar-refractivity contribution in [3.63, 3.8) is 0 Å². The highest BCUT2D eigenvalue weighted by molar-refractivity contribution is 8.00. The Morgan fingerprint density at radius 3 is 2.69 bits per heavy atom. The maximum Gasteiger partial charge on any atom is 0.326 e. The van der Waals surface area contributed by atoms with Crippen molar-refractivity contribution >= 4 is 29.1 Å². The summed E-state index contributed by atoms with van der Waals surface area (Å²) < 4.78 is 12.1. The molecule has 0 amide bonds. The Hall–Kier alpha value is -1.73. The normalized spacial score (nSPS) is 29.4. The molecule has 2 aromatic rings. The van der Waals surface area contributed by atoms with Gasteiger partial charge in [0.25, 0.3) is 0 Å². The van der Waals surface area contributed by atoms with Gasteiger partial charge in [0.1, 0.15) is 12.3 Å². The second-order valence-electron chi connectivity index (χ2n) is 8.17. The average molecular weight is 432 g/mol. The number of carbonyl (C=O) groups is 1. The summed E-state index contributed by atoms with van der Waals surface area (Å²) >= 11 is 3.16. The summed E-state index contributed by atoms with van der Waals surface area (Å²) in [6.45, 7) is 2.13. The van der Waals surface area contributed by atoms with Crippen LogP contribution < -0.4 is 9.61 Å². The van der Waals surface area contributed by atoms with E-state index < -0.39 is 0 Å². The van der Waals surface area contributed by atoms with E-state index in [1.54, 1.807) is 18.6 Å². The predicted molar refractivity (Wildman–Crippen MR) is 114 cm³/mol. The van der Waals surface area contributed by atoms with Gasteiger partial charge >= 0.3 is 10.8 Å². The number of hydrogen-bond acceptors (Lipinski definition) is 6. The van der Waals surface area contributed by atoms with Crippen LogP contribution in [0.3, 0.4) is 0 Å². The van der Waals surface area contributed by atoms with Gasteiger partial charge in [-0.25, -0.2) is 0 Å². The summed E-state index contributed by atoms with van der Waals surface area (Å²) in [4.78, 5) is 26.1. The first kappa shape index (κ1) is 19.2. The lowest BCUT2D eigenvalue weighted by molar-refractivity contribution is -0.144. The maximum atomic E-state index is 12.9. The molecule has 1 aliphatic heterocycles. The first-order valence-corrected chi connectivity index (χ1v) is 12.0. The molecule has 4 unspecified atom stereocenters. The van der Waals surface area contributed by atoms with Crippen LogP contribution in [-0.4, -0.2) is 29.5 Å². The van der Waals surface area contributed by atoms with Crippen LogP contribution in [0.15, 0.2) is 34.1 Å². The molecule has 5 rings (SSSR count). The lowest BCUT2D eigenvalue weighted by atomic mass is 9.75. The summed E-state index contributed by atoms with van der Waals surface area (Å²) in [6, 6.07) is 8.31. The highest BCUT2D eigenvalue weighted by Crippen LogP contribution is 2.64. The Labute approximate surface area is 178 Å². The molecule has 3 aliphatic rings. The molecule has 0 radical (unpaired) electrons. The quantitative estimate of drug-likeness (QED) is 0.666. The van der Waals surface area contributed by atoms with Gasteiger partial charge in [-0.3, -0.25) is 14.2 Å². The number of carbonyl (C=O) groups excluding carboxylic acids is 1. The Kier molecular flexibility index (Phi) is 4.98. The first-order valence-electron chi connectivity index (χ1n) is 10.3. The molecule has 0 spiro atoms. The Balaban J connectivity index is 1.60. The minimum atomic E-state index is -0.341. The molecule has 1 aromatic carbocycles. The summed E-state index contributed by atoms with van der Waals surface area (Å²) in [7, 11) is 1.68. The second kappa shape index (κ2) is 7.51. The van der Waals surface area contributed by atoms with Gasteiger partial charge in [-0.15, -0.1) is 11.8 Å². The zero-order valence-electron chi connectivity index (χ0n) is 16.6. The van der Waals surface area contributed by atoms with E-state index in [-0.39, 0.29) is 23.3 Å². The van der Waals surface area contributed by atoms with Crippen molar-refractivity contribution in [1.82, 2.24) is 4.57 Å². The van der Waals surface area contributed by atoms with Crippen LogP contribution in [0.1, 0.15) is 42.5 Å². The summed E-state index contributed by atoms with van der Waals surface area (Å²) in [5, 5.41) is 1.51. The third kappa shape index (κ3) is 3.13. The standard InChI is InChI=1S/C22H25NO4S2/c1-3-27-16(24)11-23-21-20(29-22(23)25)17(12-6-8-15(26-2)9-7-12)18-13-4-5-14(10-13)19(18)28-21/h6-9,13-14,17-19H,3-5,10-11H2,1-2H3/t13?,14?,17-,18?,19?/m0/s1. The highest BCUT2D eigenvalue weighted by Gasteiger charge is 2.55. The zero-order valence-corrected chi connectivity index (χ0v) is 18.3. The number of fused-ring (bicyclic) bond motifs is 6. The van der Waals surface area contributed by atoms with Crippen LogP contribution in [0.2, 0.25) is 0 Å². The smallest absolute Gasteiger partial charge is 0.326 e. The first-order chi connectivity index (χ1) is 14.1. The third-order valence-corrected chi connectivity index (χ3v) is 9.58. The summed E-state index contributed by atoms with van der Waals surface area (Å²) in [5.74, 6) is 2.74. The van der Waals surface area contributed by atoms with Crippen molar-refractivity contribution in [2.45, 2.75) is 48.9 Å². The number of aromatic nitrogens is 1. The maximum absolute atomic E-state index is 12.9. The van der Waals surface area contributed by atoms with Crippen molar-refractivity contribution in [2.24, 2.45) is 17.8 Å². The fraction of sp³-hybridized carbons (Fsp3) is 0.545. The SMILES string of the molecule is CCOC(=O)Cn1c2c(sc1=O)[C@@H](c1ccc(OC)cc1)C1C3CCC(C3)C1S2. The third-order valence-electron chi connectivity index (χ3n) is 6.76. The van der Waals surface area contributed by atoms with Gasteiger partial charge in [0, 0.05) is 16.0 Å². The number of nitrogens with zero attached hydrogens (tertiary/aromatic N) is 1. The lowest BCUT2D eigenvalue weighted by Crippen LogP contribution is -2.34. The van der Waals surface area contributed by atoms with Gasteiger partial charge < -0.3 is 9.47 Å². The van der Waals surface area contributed by atoms with Crippen molar-refractivity contribution in [2.75, 3.05) is 13.7 Å². The number of thiazole rings is 1. The van der Waals surface area contributed by atoms with E-state index in [0.717, 1.165) is 27.5 Å². The van der Waals surface area contributed by atoms with Crippen LogP contribution >= 0.6 is 23.1 Å². The van der Waals surface area contributed by atoms with Gasteiger partial charge in [0.05, 0.1) is 18.7 Å². The number of thioether (sulfide) groups is 1. The van der Waals surface area contributed by atoms with Crippen molar-refractivity contribution in [3.05, 3.63) is 44.4 Å². The van der Waals surface area contributed by atoms with Gasteiger partial charge in [0.2, 0.25) is 0 Å². The second-order valence-corrected chi connectivity index (χ2v) is 10.3. The molecule has 2 aliphatic carbocycles. The van der Waals surface area contributed by atoms with E-state index in [1.165, 1.54) is 36.2 Å². The van der Waals surface area contributed by atoms with Crippen LogP contribution in [0.5, 0.6) is 5.75 Å².